The lowest BCUT2D eigenvalue weighted by Gasteiger charge is -2.20. The summed E-state index contributed by atoms with van der Waals surface area (Å²) >= 11 is 5.84. The van der Waals surface area contributed by atoms with Gasteiger partial charge in [0.25, 0.3) is 5.91 Å². The van der Waals surface area contributed by atoms with Crippen LogP contribution in [0.3, 0.4) is 0 Å². The van der Waals surface area contributed by atoms with Gasteiger partial charge in [0.2, 0.25) is 0 Å². The maximum Gasteiger partial charge on any atom is 0.305 e. The summed E-state index contributed by atoms with van der Waals surface area (Å²) in [5.74, 6) is -1.29. The minimum absolute atomic E-state index is 0.0179. The number of amides is 1. The fraction of sp³-hybridized carbons (Fsp3) is 0.385. The van der Waals surface area contributed by atoms with Gasteiger partial charge in [-0.25, -0.2) is 0 Å². The Hall–Kier alpha value is -1.75. The molecule has 1 atom stereocenters. The van der Waals surface area contributed by atoms with Crippen LogP contribution in [0.5, 0.6) is 0 Å². The van der Waals surface area contributed by atoms with Gasteiger partial charge in [-0.1, -0.05) is 25.4 Å². The van der Waals surface area contributed by atoms with Crippen LogP contribution >= 0.6 is 11.6 Å². The Morgan fingerprint density at radius 1 is 1.42 bits per heavy atom. The number of benzene rings is 1. The average Bonchev–Trinajstić information content (AvgIpc) is 2.31. The number of carboxylic acid groups (broad SMARTS) is 1. The third-order valence-corrected chi connectivity index (χ3v) is 3.11. The fourth-order valence-electron chi connectivity index (χ4n) is 1.56. The van der Waals surface area contributed by atoms with Crippen molar-refractivity contribution in [1.82, 2.24) is 5.32 Å². The van der Waals surface area contributed by atoms with Crippen LogP contribution in [0.4, 0.5) is 5.69 Å². The lowest BCUT2D eigenvalue weighted by molar-refractivity contribution is -0.137. The number of halogens is 1. The maximum atomic E-state index is 12.0. The van der Waals surface area contributed by atoms with Crippen LogP contribution in [0, 0.1) is 5.92 Å². The van der Waals surface area contributed by atoms with E-state index in [1.54, 1.807) is 12.1 Å². The molecule has 0 aliphatic heterocycles. The zero-order chi connectivity index (χ0) is 14.6. The topological polar surface area (TPSA) is 92.4 Å². The van der Waals surface area contributed by atoms with Crippen molar-refractivity contribution in [3.05, 3.63) is 28.8 Å². The Kier molecular flexibility index (Phi) is 5.18. The van der Waals surface area contributed by atoms with Gasteiger partial charge in [-0.2, -0.15) is 0 Å². The number of anilines is 1. The first-order chi connectivity index (χ1) is 8.81. The summed E-state index contributed by atoms with van der Waals surface area (Å²) < 4.78 is 0. The molecule has 0 aliphatic rings. The molecule has 6 heteroatoms. The number of nitrogen functional groups attached to an aromatic ring is 1. The number of hydrogen-bond acceptors (Lipinski definition) is 3. The van der Waals surface area contributed by atoms with Gasteiger partial charge in [-0.15, -0.1) is 0 Å². The minimum Gasteiger partial charge on any atom is -0.481 e. The molecule has 19 heavy (non-hydrogen) atoms. The third kappa shape index (κ3) is 4.44. The summed E-state index contributed by atoms with van der Waals surface area (Å²) in [6, 6.07) is 4.12. The molecule has 0 aliphatic carbocycles. The standard InChI is InChI=1S/C13H17ClN2O3/c1-7(2)11(6-12(17)18)16-13(19)8-3-4-10(15)9(14)5-8/h3-5,7,11H,6,15H2,1-2H3,(H,16,19)(H,17,18). The van der Waals surface area contributed by atoms with Crippen LogP contribution < -0.4 is 11.1 Å². The maximum absolute atomic E-state index is 12.0. The van der Waals surface area contributed by atoms with Crippen molar-refractivity contribution in [2.24, 2.45) is 5.92 Å². The van der Waals surface area contributed by atoms with Gasteiger partial charge < -0.3 is 16.2 Å². The first-order valence-electron chi connectivity index (χ1n) is 5.89. The molecule has 0 spiro atoms. The van der Waals surface area contributed by atoms with Crippen molar-refractivity contribution < 1.29 is 14.7 Å². The quantitative estimate of drug-likeness (QED) is 0.722. The fourth-order valence-corrected chi connectivity index (χ4v) is 1.74. The molecule has 0 fully saturated rings. The van der Waals surface area contributed by atoms with E-state index in [1.165, 1.54) is 6.07 Å². The van der Waals surface area contributed by atoms with Crippen molar-refractivity contribution in [3.8, 4) is 0 Å². The zero-order valence-corrected chi connectivity index (χ0v) is 11.6. The van der Waals surface area contributed by atoms with Crippen molar-refractivity contribution in [2.45, 2.75) is 26.3 Å². The predicted octanol–water partition coefficient (Wildman–Crippen LogP) is 2.15. The number of hydrogen-bond donors (Lipinski definition) is 3. The summed E-state index contributed by atoms with van der Waals surface area (Å²) in [7, 11) is 0. The third-order valence-electron chi connectivity index (χ3n) is 2.78. The molecule has 1 aromatic rings. The Balaban J connectivity index is 2.81. The van der Waals surface area contributed by atoms with E-state index in [0.717, 1.165) is 0 Å². The van der Waals surface area contributed by atoms with Crippen LogP contribution in [0.2, 0.25) is 5.02 Å². The van der Waals surface area contributed by atoms with Crippen molar-refractivity contribution >= 4 is 29.2 Å². The van der Waals surface area contributed by atoms with Gasteiger partial charge in [-0.05, 0) is 24.1 Å². The molecule has 1 rings (SSSR count). The first-order valence-corrected chi connectivity index (χ1v) is 6.26. The highest BCUT2D eigenvalue weighted by atomic mass is 35.5. The van der Waals surface area contributed by atoms with Crippen LogP contribution in [0.25, 0.3) is 0 Å². The monoisotopic (exact) mass is 284 g/mol. The van der Waals surface area contributed by atoms with E-state index in [0.29, 0.717) is 16.3 Å². The predicted molar refractivity (Wildman–Crippen MR) is 74.2 cm³/mol. The summed E-state index contributed by atoms with van der Waals surface area (Å²) in [5, 5.41) is 11.8. The van der Waals surface area contributed by atoms with Crippen molar-refractivity contribution in [2.75, 3.05) is 5.73 Å². The van der Waals surface area contributed by atoms with Crippen LogP contribution in [0.1, 0.15) is 30.6 Å². The molecule has 0 radical (unpaired) electrons. The summed E-state index contributed by atoms with van der Waals surface area (Å²) in [5.41, 5.74) is 6.31. The molecule has 1 amide bonds. The molecule has 0 saturated carbocycles. The second kappa shape index (κ2) is 6.43. The van der Waals surface area contributed by atoms with Gasteiger partial charge in [-0.3, -0.25) is 9.59 Å². The molecular formula is C13H17ClN2O3. The average molecular weight is 285 g/mol. The minimum atomic E-state index is -0.950. The van der Waals surface area contributed by atoms with E-state index >= 15 is 0 Å². The van der Waals surface area contributed by atoms with E-state index in [1.807, 2.05) is 13.8 Å². The van der Waals surface area contributed by atoms with E-state index in [4.69, 9.17) is 22.4 Å². The molecule has 0 aromatic heterocycles. The summed E-state index contributed by atoms with van der Waals surface area (Å²) in [6.45, 7) is 3.70. The van der Waals surface area contributed by atoms with Gasteiger partial charge in [0.1, 0.15) is 0 Å². The molecule has 104 valence electrons. The highest BCUT2D eigenvalue weighted by molar-refractivity contribution is 6.33. The van der Waals surface area contributed by atoms with E-state index in [-0.39, 0.29) is 18.2 Å². The Bertz CT molecular complexity index is 489. The van der Waals surface area contributed by atoms with E-state index < -0.39 is 12.0 Å². The summed E-state index contributed by atoms with van der Waals surface area (Å²) in [4.78, 5) is 22.7. The zero-order valence-electron chi connectivity index (χ0n) is 10.8. The molecule has 5 nitrogen and oxygen atoms in total. The second-order valence-electron chi connectivity index (χ2n) is 4.66. The molecule has 1 aromatic carbocycles. The molecule has 0 saturated heterocycles. The Morgan fingerprint density at radius 3 is 2.53 bits per heavy atom. The van der Waals surface area contributed by atoms with E-state index in [9.17, 15) is 9.59 Å². The largest absolute Gasteiger partial charge is 0.481 e. The Morgan fingerprint density at radius 2 is 2.05 bits per heavy atom. The molecule has 0 bridgehead atoms. The SMILES string of the molecule is CC(C)C(CC(=O)O)NC(=O)c1ccc(N)c(Cl)c1. The number of aliphatic carboxylic acids is 1. The number of nitrogens with one attached hydrogen (secondary N) is 1. The summed E-state index contributed by atoms with van der Waals surface area (Å²) in [6.07, 6.45) is -0.119. The normalized spacial score (nSPS) is 12.2. The molecule has 4 N–H and O–H groups in total. The first kappa shape index (κ1) is 15.3. The Labute approximate surface area is 116 Å². The van der Waals surface area contributed by atoms with Gasteiger partial charge in [0, 0.05) is 11.6 Å². The van der Waals surface area contributed by atoms with Crippen LogP contribution in [-0.4, -0.2) is 23.0 Å². The van der Waals surface area contributed by atoms with Crippen LogP contribution in [-0.2, 0) is 4.79 Å². The number of rotatable bonds is 5. The number of carbonyl (C=O) groups excluding carboxylic acids is 1. The van der Waals surface area contributed by atoms with E-state index in [2.05, 4.69) is 5.32 Å². The van der Waals surface area contributed by atoms with Gasteiger partial charge in [0.15, 0.2) is 0 Å². The second-order valence-corrected chi connectivity index (χ2v) is 5.07. The van der Waals surface area contributed by atoms with Gasteiger partial charge >= 0.3 is 5.97 Å². The number of nitrogens with two attached hydrogens (primary N) is 1. The number of carbonyl (C=O) groups is 2. The van der Waals surface area contributed by atoms with Gasteiger partial charge in [0.05, 0.1) is 17.1 Å². The van der Waals surface area contributed by atoms with Crippen LogP contribution in [0.15, 0.2) is 18.2 Å². The molecule has 1 unspecified atom stereocenters. The lowest BCUT2D eigenvalue weighted by atomic mass is 10.0. The highest BCUT2D eigenvalue weighted by Crippen LogP contribution is 2.20. The number of carboxylic acids is 1. The highest BCUT2D eigenvalue weighted by Gasteiger charge is 2.20. The van der Waals surface area contributed by atoms with Crippen molar-refractivity contribution in [1.29, 1.82) is 0 Å². The van der Waals surface area contributed by atoms with Crippen molar-refractivity contribution in [3.63, 3.8) is 0 Å². The molecular weight excluding hydrogens is 268 g/mol. The smallest absolute Gasteiger partial charge is 0.305 e. The molecule has 0 heterocycles. The lowest BCUT2D eigenvalue weighted by Crippen LogP contribution is -2.40.